The van der Waals surface area contributed by atoms with Gasteiger partial charge in [-0.25, -0.2) is 0 Å². The molecule has 0 aliphatic rings. The molecule has 6 heteroatoms. The van der Waals surface area contributed by atoms with E-state index in [1.54, 1.807) is 29.3 Å². The molecule has 4 nitrogen and oxygen atoms in total. The maximum Gasteiger partial charge on any atom is 0.179 e. The first-order valence-electron chi connectivity index (χ1n) is 5.35. The molecule has 1 aromatic carbocycles. The highest BCUT2D eigenvalue weighted by Crippen LogP contribution is 2.37. The average Bonchev–Trinajstić information content (AvgIpc) is 2.79. The summed E-state index contributed by atoms with van der Waals surface area (Å²) in [4.78, 5) is 5.31. The predicted molar refractivity (Wildman–Crippen MR) is 74.9 cm³/mol. The van der Waals surface area contributed by atoms with Crippen molar-refractivity contribution in [3.8, 4) is 0 Å². The lowest BCUT2D eigenvalue weighted by atomic mass is 10.2. The summed E-state index contributed by atoms with van der Waals surface area (Å²) in [5, 5.41) is 10.1. The fraction of sp³-hybridized carbons (Fsp3) is 0.0833. The van der Waals surface area contributed by atoms with Crippen molar-refractivity contribution in [3.63, 3.8) is 0 Å². The van der Waals surface area contributed by atoms with Crippen LogP contribution in [0.5, 0.6) is 0 Å². The van der Waals surface area contributed by atoms with Gasteiger partial charge >= 0.3 is 0 Å². The Labute approximate surface area is 112 Å². The zero-order valence-corrected chi connectivity index (χ0v) is 11.3. The smallest absolute Gasteiger partial charge is 0.179 e. The molecule has 90 valence electrons. The van der Waals surface area contributed by atoms with E-state index in [1.807, 2.05) is 31.2 Å². The molecule has 2 aromatic heterocycles. The second-order valence-electron chi connectivity index (χ2n) is 3.75. The van der Waals surface area contributed by atoms with Gasteiger partial charge in [0.1, 0.15) is 5.01 Å². The Hall–Kier alpha value is -1.66. The summed E-state index contributed by atoms with van der Waals surface area (Å²) in [7, 11) is 0. The third kappa shape index (κ3) is 2.04. The summed E-state index contributed by atoms with van der Waals surface area (Å²) in [6.45, 7) is 1.94. The highest BCUT2D eigenvalue weighted by atomic mass is 32.2. The number of fused-ring (bicyclic) bond motifs is 1. The summed E-state index contributed by atoms with van der Waals surface area (Å²) in [5.41, 5.74) is 7.63. The van der Waals surface area contributed by atoms with E-state index in [-0.39, 0.29) is 0 Å². The van der Waals surface area contributed by atoms with Crippen molar-refractivity contribution in [2.45, 2.75) is 16.2 Å². The Kier molecular flexibility index (Phi) is 2.89. The Morgan fingerprint density at radius 2 is 2.06 bits per heavy atom. The molecular weight excluding hydrogens is 264 g/mol. The first-order valence-corrected chi connectivity index (χ1v) is 6.98. The van der Waals surface area contributed by atoms with Crippen LogP contribution < -0.4 is 5.73 Å². The highest BCUT2D eigenvalue weighted by Gasteiger charge is 2.10. The minimum atomic E-state index is 0.673. The van der Waals surface area contributed by atoms with Crippen LogP contribution in [0.4, 0.5) is 5.69 Å². The number of aromatic nitrogens is 3. The molecule has 2 N–H and O–H groups in total. The van der Waals surface area contributed by atoms with Crippen molar-refractivity contribution >= 4 is 39.7 Å². The summed E-state index contributed by atoms with van der Waals surface area (Å²) in [6.07, 6.45) is 1.69. The Morgan fingerprint density at radius 1 is 1.22 bits per heavy atom. The van der Waals surface area contributed by atoms with Gasteiger partial charge < -0.3 is 5.73 Å². The van der Waals surface area contributed by atoms with Gasteiger partial charge in [0.2, 0.25) is 0 Å². The van der Waals surface area contributed by atoms with Crippen molar-refractivity contribution in [2.75, 3.05) is 5.73 Å². The summed E-state index contributed by atoms with van der Waals surface area (Å²) in [6, 6.07) is 7.95. The minimum absolute atomic E-state index is 0.673. The van der Waals surface area contributed by atoms with E-state index in [2.05, 4.69) is 15.2 Å². The van der Waals surface area contributed by atoms with Gasteiger partial charge in [0.15, 0.2) is 4.34 Å². The largest absolute Gasteiger partial charge is 0.397 e. The lowest BCUT2D eigenvalue weighted by Gasteiger charge is -2.06. The van der Waals surface area contributed by atoms with Crippen molar-refractivity contribution in [2.24, 2.45) is 0 Å². The van der Waals surface area contributed by atoms with Gasteiger partial charge in [0.05, 0.1) is 17.4 Å². The molecule has 0 amide bonds. The number of nitrogens with zero attached hydrogens (tertiary/aromatic N) is 3. The number of aryl methyl sites for hydroxylation is 1. The lowest BCUT2D eigenvalue weighted by Crippen LogP contribution is -1.92. The standard InChI is InChI=1S/C12H10N4S2/c1-7-15-16-12(17-7)18-11-8-4-2-3-5-10(8)14-6-9(11)13/h2-6H,13H2,1H3. The normalized spacial score (nSPS) is 10.9. The number of anilines is 1. The zero-order valence-electron chi connectivity index (χ0n) is 9.62. The van der Waals surface area contributed by atoms with Crippen molar-refractivity contribution in [3.05, 3.63) is 35.5 Å². The lowest BCUT2D eigenvalue weighted by molar-refractivity contribution is 0.984. The molecule has 2 heterocycles. The van der Waals surface area contributed by atoms with Gasteiger partial charge in [0, 0.05) is 10.3 Å². The van der Waals surface area contributed by atoms with Crippen LogP contribution in [0.15, 0.2) is 39.7 Å². The predicted octanol–water partition coefficient (Wildman–Crippen LogP) is 3.13. The molecule has 0 saturated heterocycles. The molecule has 0 fully saturated rings. The van der Waals surface area contributed by atoms with E-state index >= 15 is 0 Å². The number of para-hydroxylation sites is 1. The molecule has 0 radical (unpaired) electrons. The van der Waals surface area contributed by atoms with Gasteiger partial charge in [0.25, 0.3) is 0 Å². The van der Waals surface area contributed by atoms with Crippen LogP contribution in [0.25, 0.3) is 10.9 Å². The molecule has 0 atom stereocenters. The molecule has 0 unspecified atom stereocenters. The number of hydrogen-bond acceptors (Lipinski definition) is 6. The van der Waals surface area contributed by atoms with Gasteiger partial charge in [-0.1, -0.05) is 41.3 Å². The van der Waals surface area contributed by atoms with Crippen molar-refractivity contribution in [1.29, 1.82) is 0 Å². The molecule has 0 spiro atoms. The Bertz CT molecular complexity index is 708. The molecular formula is C12H10N4S2. The zero-order chi connectivity index (χ0) is 12.5. The van der Waals surface area contributed by atoms with Gasteiger partial charge in [-0.3, -0.25) is 4.98 Å². The van der Waals surface area contributed by atoms with E-state index in [4.69, 9.17) is 5.73 Å². The molecule has 0 bridgehead atoms. The van der Waals surface area contributed by atoms with Crippen LogP contribution in [0.2, 0.25) is 0 Å². The average molecular weight is 274 g/mol. The SMILES string of the molecule is Cc1nnc(Sc2c(N)cnc3ccccc23)s1. The van der Waals surface area contributed by atoms with Gasteiger partial charge in [-0.2, -0.15) is 0 Å². The molecule has 0 saturated carbocycles. The molecule has 0 aliphatic carbocycles. The number of hydrogen-bond donors (Lipinski definition) is 1. The van der Waals surface area contributed by atoms with Gasteiger partial charge in [-0.05, 0) is 13.0 Å². The molecule has 3 aromatic rings. The Balaban J connectivity index is 2.12. The van der Waals surface area contributed by atoms with Crippen LogP contribution in [-0.2, 0) is 0 Å². The first kappa shape index (κ1) is 11.4. The minimum Gasteiger partial charge on any atom is -0.397 e. The monoisotopic (exact) mass is 274 g/mol. The quantitative estimate of drug-likeness (QED) is 0.777. The summed E-state index contributed by atoms with van der Waals surface area (Å²) in [5.74, 6) is 0. The maximum absolute atomic E-state index is 6.01. The number of benzene rings is 1. The second-order valence-corrected chi connectivity index (χ2v) is 6.19. The topological polar surface area (TPSA) is 64.7 Å². The fourth-order valence-electron chi connectivity index (χ4n) is 1.65. The van der Waals surface area contributed by atoms with Crippen LogP contribution in [0.1, 0.15) is 5.01 Å². The third-order valence-electron chi connectivity index (χ3n) is 2.45. The van der Waals surface area contributed by atoms with E-state index < -0.39 is 0 Å². The van der Waals surface area contributed by atoms with Crippen LogP contribution in [0, 0.1) is 6.92 Å². The fourth-order valence-corrected chi connectivity index (χ4v) is 3.56. The third-order valence-corrected chi connectivity index (χ3v) is 4.50. The van der Waals surface area contributed by atoms with Crippen molar-refractivity contribution in [1.82, 2.24) is 15.2 Å². The number of rotatable bonds is 2. The van der Waals surface area contributed by atoms with E-state index in [1.165, 1.54) is 0 Å². The molecule has 0 aliphatic heterocycles. The van der Waals surface area contributed by atoms with Crippen molar-refractivity contribution < 1.29 is 0 Å². The summed E-state index contributed by atoms with van der Waals surface area (Å²) < 4.78 is 0.899. The van der Waals surface area contributed by atoms with Crippen LogP contribution in [-0.4, -0.2) is 15.2 Å². The van der Waals surface area contributed by atoms with Crippen LogP contribution >= 0.6 is 23.1 Å². The second kappa shape index (κ2) is 4.55. The maximum atomic E-state index is 6.01. The summed E-state index contributed by atoms with van der Waals surface area (Å²) >= 11 is 3.11. The molecule has 18 heavy (non-hydrogen) atoms. The number of pyridine rings is 1. The van der Waals surface area contributed by atoms with E-state index in [0.29, 0.717) is 5.69 Å². The van der Waals surface area contributed by atoms with E-state index in [0.717, 1.165) is 25.1 Å². The number of nitrogens with two attached hydrogens (primary N) is 1. The van der Waals surface area contributed by atoms with Gasteiger partial charge in [-0.15, -0.1) is 10.2 Å². The van der Waals surface area contributed by atoms with E-state index in [9.17, 15) is 0 Å². The van der Waals surface area contributed by atoms with Crippen LogP contribution in [0.3, 0.4) is 0 Å². The number of nitrogen functional groups attached to an aromatic ring is 1. The Morgan fingerprint density at radius 3 is 2.83 bits per heavy atom. The molecule has 3 rings (SSSR count). The first-order chi connectivity index (χ1) is 8.74. The highest BCUT2D eigenvalue weighted by molar-refractivity contribution is 8.01.